The molecule has 0 saturated heterocycles. The van der Waals surface area contributed by atoms with Gasteiger partial charge < -0.3 is 10.1 Å². The number of anilines is 1. The third-order valence-corrected chi connectivity index (χ3v) is 4.08. The van der Waals surface area contributed by atoms with Gasteiger partial charge in [-0.05, 0) is 30.7 Å². The Bertz CT molecular complexity index is 359. The Balaban J connectivity index is 1.77. The van der Waals surface area contributed by atoms with Crippen molar-refractivity contribution in [3.8, 4) is 5.88 Å². The van der Waals surface area contributed by atoms with Crippen molar-refractivity contribution >= 4 is 5.69 Å². The van der Waals surface area contributed by atoms with E-state index in [2.05, 4.69) is 17.2 Å². The molecule has 0 spiro atoms. The van der Waals surface area contributed by atoms with Crippen LogP contribution in [-0.2, 0) is 0 Å². The molecule has 0 aliphatic heterocycles. The Morgan fingerprint density at radius 2 is 2.00 bits per heavy atom. The van der Waals surface area contributed by atoms with Gasteiger partial charge in [0.2, 0.25) is 5.88 Å². The average molecular weight is 248 g/mol. The lowest BCUT2D eigenvalue weighted by atomic mass is 9.81. The number of nitrogens with zero attached hydrogens (tertiary/aromatic N) is 1. The number of pyridine rings is 1. The van der Waals surface area contributed by atoms with Crippen molar-refractivity contribution in [3.05, 3.63) is 18.3 Å². The molecule has 3 heteroatoms. The predicted octanol–water partition coefficient (Wildman–Crippen LogP) is 3.72. The van der Waals surface area contributed by atoms with Crippen molar-refractivity contribution in [2.24, 2.45) is 11.8 Å². The van der Waals surface area contributed by atoms with Gasteiger partial charge in [0, 0.05) is 24.5 Å². The summed E-state index contributed by atoms with van der Waals surface area (Å²) in [7, 11) is 1.65. The molecule has 2 rings (SSSR count). The first-order valence-corrected chi connectivity index (χ1v) is 7.05. The molecule has 0 atom stereocenters. The molecule has 0 aromatic carbocycles. The van der Waals surface area contributed by atoms with Crippen LogP contribution in [0.15, 0.2) is 18.3 Å². The second kappa shape index (κ2) is 6.62. The summed E-state index contributed by atoms with van der Waals surface area (Å²) in [4.78, 5) is 4.11. The maximum absolute atomic E-state index is 5.12. The van der Waals surface area contributed by atoms with Crippen LogP contribution in [0.3, 0.4) is 0 Å². The van der Waals surface area contributed by atoms with E-state index in [1.807, 2.05) is 12.1 Å². The van der Waals surface area contributed by atoms with E-state index in [1.54, 1.807) is 13.3 Å². The van der Waals surface area contributed by atoms with Crippen LogP contribution in [-0.4, -0.2) is 18.6 Å². The van der Waals surface area contributed by atoms with Gasteiger partial charge in [-0.3, -0.25) is 0 Å². The number of nitrogens with one attached hydrogen (secondary N) is 1. The molecule has 0 bridgehead atoms. The number of methoxy groups -OCH3 is 1. The van der Waals surface area contributed by atoms with Gasteiger partial charge in [0.15, 0.2) is 0 Å². The Kier molecular flexibility index (Phi) is 4.85. The smallest absolute Gasteiger partial charge is 0.214 e. The average Bonchev–Trinajstić information content (AvgIpc) is 2.46. The van der Waals surface area contributed by atoms with Crippen molar-refractivity contribution in [1.29, 1.82) is 0 Å². The number of rotatable bonds is 5. The van der Waals surface area contributed by atoms with Gasteiger partial charge in [-0.2, -0.15) is 0 Å². The van der Waals surface area contributed by atoms with Gasteiger partial charge in [0.05, 0.1) is 7.11 Å². The summed E-state index contributed by atoms with van der Waals surface area (Å²) in [5, 5.41) is 3.50. The van der Waals surface area contributed by atoms with Crippen molar-refractivity contribution in [1.82, 2.24) is 4.98 Å². The molecule has 1 aromatic heterocycles. The number of aromatic nitrogens is 1. The summed E-state index contributed by atoms with van der Waals surface area (Å²) in [5.41, 5.74) is 1.11. The molecular weight excluding hydrogens is 224 g/mol. The van der Waals surface area contributed by atoms with Crippen molar-refractivity contribution in [2.75, 3.05) is 19.0 Å². The number of ether oxygens (including phenoxy) is 1. The molecule has 1 heterocycles. The zero-order chi connectivity index (χ0) is 12.8. The molecule has 3 nitrogen and oxygen atoms in total. The van der Waals surface area contributed by atoms with E-state index >= 15 is 0 Å². The Hall–Kier alpha value is -1.25. The zero-order valence-corrected chi connectivity index (χ0v) is 11.5. The van der Waals surface area contributed by atoms with E-state index in [0.717, 1.165) is 24.1 Å². The first-order valence-electron chi connectivity index (χ1n) is 7.05. The molecule has 0 unspecified atom stereocenters. The summed E-state index contributed by atoms with van der Waals surface area (Å²) in [6.45, 7) is 3.39. The van der Waals surface area contributed by atoms with E-state index in [-0.39, 0.29) is 0 Å². The highest BCUT2D eigenvalue weighted by Gasteiger charge is 2.19. The predicted molar refractivity (Wildman–Crippen MR) is 75.0 cm³/mol. The lowest BCUT2D eigenvalue weighted by Crippen LogP contribution is -2.21. The Morgan fingerprint density at radius 1 is 1.28 bits per heavy atom. The third-order valence-electron chi connectivity index (χ3n) is 4.08. The molecule has 1 N–H and O–H groups in total. The second-order valence-corrected chi connectivity index (χ2v) is 5.26. The van der Waals surface area contributed by atoms with Crippen molar-refractivity contribution < 1.29 is 4.74 Å². The van der Waals surface area contributed by atoms with Gasteiger partial charge in [-0.15, -0.1) is 0 Å². The maximum Gasteiger partial charge on any atom is 0.214 e. The lowest BCUT2D eigenvalue weighted by Gasteiger charge is -2.28. The van der Waals surface area contributed by atoms with Crippen LogP contribution in [0.4, 0.5) is 5.69 Å². The highest BCUT2D eigenvalue weighted by Crippen LogP contribution is 2.30. The number of hydrogen-bond acceptors (Lipinski definition) is 3. The summed E-state index contributed by atoms with van der Waals surface area (Å²) in [6, 6.07) is 3.96. The first-order chi connectivity index (χ1) is 8.81. The van der Waals surface area contributed by atoms with Crippen LogP contribution in [0.2, 0.25) is 0 Å². The lowest BCUT2D eigenvalue weighted by molar-refractivity contribution is 0.278. The fourth-order valence-electron chi connectivity index (χ4n) is 2.74. The topological polar surface area (TPSA) is 34.2 Å². The van der Waals surface area contributed by atoms with Gasteiger partial charge in [-0.1, -0.05) is 26.2 Å². The fourth-order valence-corrected chi connectivity index (χ4v) is 2.74. The second-order valence-electron chi connectivity index (χ2n) is 5.26. The normalized spacial score (nSPS) is 23.7. The third kappa shape index (κ3) is 3.62. The summed E-state index contributed by atoms with van der Waals surface area (Å²) >= 11 is 0. The van der Waals surface area contributed by atoms with Gasteiger partial charge in [0.25, 0.3) is 0 Å². The van der Waals surface area contributed by atoms with Gasteiger partial charge >= 0.3 is 0 Å². The SMILES string of the molecule is CCC1CCC(CNc2ccnc(OC)c2)CC1. The summed E-state index contributed by atoms with van der Waals surface area (Å²) < 4.78 is 5.12. The number of hydrogen-bond donors (Lipinski definition) is 1. The van der Waals surface area contributed by atoms with Gasteiger partial charge in [0.1, 0.15) is 0 Å². The van der Waals surface area contributed by atoms with Crippen LogP contribution in [0.1, 0.15) is 39.0 Å². The van der Waals surface area contributed by atoms with E-state index in [4.69, 9.17) is 4.74 Å². The highest BCUT2D eigenvalue weighted by atomic mass is 16.5. The van der Waals surface area contributed by atoms with Crippen molar-refractivity contribution in [2.45, 2.75) is 39.0 Å². The highest BCUT2D eigenvalue weighted by molar-refractivity contribution is 5.44. The summed E-state index contributed by atoms with van der Waals surface area (Å²) in [6.07, 6.45) is 8.68. The largest absolute Gasteiger partial charge is 0.481 e. The maximum atomic E-state index is 5.12. The van der Waals surface area contributed by atoms with E-state index in [9.17, 15) is 0 Å². The van der Waals surface area contributed by atoms with Gasteiger partial charge in [-0.25, -0.2) is 4.98 Å². The molecule has 0 amide bonds. The molecule has 1 aliphatic carbocycles. The molecule has 100 valence electrons. The van der Waals surface area contributed by atoms with Crippen LogP contribution in [0, 0.1) is 11.8 Å². The molecule has 1 aromatic rings. The Morgan fingerprint density at radius 3 is 2.67 bits per heavy atom. The van der Waals surface area contributed by atoms with E-state index in [0.29, 0.717) is 5.88 Å². The minimum absolute atomic E-state index is 0.676. The molecule has 1 aliphatic rings. The standard InChI is InChI=1S/C15H24N2O/c1-3-12-4-6-13(7-5-12)11-17-14-8-9-16-15(10-14)18-2/h8-10,12-13H,3-7,11H2,1-2H3,(H,16,17). The van der Waals surface area contributed by atoms with Crippen molar-refractivity contribution in [3.63, 3.8) is 0 Å². The van der Waals surface area contributed by atoms with E-state index in [1.165, 1.54) is 32.1 Å². The van der Waals surface area contributed by atoms with Crippen LogP contribution in [0.5, 0.6) is 5.88 Å². The van der Waals surface area contributed by atoms with Crippen LogP contribution in [0.25, 0.3) is 0 Å². The minimum Gasteiger partial charge on any atom is -0.481 e. The molecule has 0 radical (unpaired) electrons. The molecule has 1 fully saturated rings. The summed E-state index contributed by atoms with van der Waals surface area (Å²) in [5.74, 6) is 2.48. The minimum atomic E-state index is 0.676. The molecule has 18 heavy (non-hydrogen) atoms. The van der Waals surface area contributed by atoms with Crippen LogP contribution < -0.4 is 10.1 Å². The first kappa shape index (κ1) is 13.2. The fraction of sp³-hybridized carbons (Fsp3) is 0.667. The van der Waals surface area contributed by atoms with E-state index < -0.39 is 0 Å². The quantitative estimate of drug-likeness (QED) is 0.862. The monoisotopic (exact) mass is 248 g/mol. The molecular formula is C15H24N2O. The Labute approximate surface area is 110 Å². The zero-order valence-electron chi connectivity index (χ0n) is 11.5. The van der Waals surface area contributed by atoms with Crippen LogP contribution >= 0.6 is 0 Å². The molecule has 1 saturated carbocycles.